The van der Waals surface area contributed by atoms with Crippen LogP contribution in [-0.2, 0) is 9.53 Å². The second kappa shape index (κ2) is 5.29. The summed E-state index contributed by atoms with van der Waals surface area (Å²) in [4.78, 5) is 11.5. The van der Waals surface area contributed by atoms with Crippen LogP contribution in [0.2, 0.25) is 0 Å². The molecule has 98 valence electrons. The van der Waals surface area contributed by atoms with Crippen molar-refractivity contribution in [2.24, 2.45) is 5.92 Å². The van der Waals surface area contributed by atoms with E-state index in [1.807, 2.05) is 18.2 Å². The van der Waals surface area contributed by atoms with E-state index in [1.165, 1.54) is 7.11 Å². The largest absolute Gasteiger partial charge is 0.469 e. The van der Waals surface area contributed by atoms with Crippen LogP contribution in [-0.4, -0.2) is 19.9 Å². The Balaban J connectivity index is 2.22. The van der Waals surface area contributed by atoms with E-state index in [-0.39, 0.29) is 18.7 Å². The maximum atomic E-state index is 11.5. The number of fused-ring (bicyclic) bond motifs is 1. The summed E-state index contributed by atoms with van der Waals surface area (Å²) in [6.07, 6.45) is 0.383. The molecule has 18 heavy (non-hydrogen) atoms. The summed E-state index contributed by atoms with van der Waals surface area (Å²) in [6, 6.07) is 5.83. The third-order valence-electron chi connectivity index (χ3n) is 3.24. The normalized spacial score (nSPS) is 14.7. The molecule has 1 aromatic carbocycles. The third kappa shape index (κ3) is 2.58. The zero-order chi connectivity index (χ0) is 13.1. The lowest BCUT2D eigenvalue weighted by molar-refractivity contribution is -0.141. The Kier molecular flexibility index (Phi) is 3.75. The van der Waals surface area contributed by atoms with Crippen LogP contribution < -0.4 is 9.47 Å². The molecule has 2 rings (SSSR count). The van der Waals surface area contributed by atoms with E-state index < -0.39 is 0 Å². The molecule has 0 spiro atoms. The van der Waals surface area contributed by atoms with Crippen molar-refractivity contribution in [2.45, 2.75) is 26.2 Å². The smallest absolute Gasteiger partial charge is 0.306 e. The predicted molar refractivity (Wildman–Crippen MR) is 66.8 cm³/mol. The lowest BCUT2D eigenvalue weighted by Gasteiger charge is -2.20. The van der Waals surface area contributed by atoms with E-state index in [0.29, 0.717) is 12.3 Å². The maximum absolute atomic E-state index is 11.5. The zero-order valence-corrected chi connectivity index (χ0v) is 10.9. The summed E-state index contributed by atoms with van der Waals surface area (Å²) in [5.74, 6) is 1.81. The highest BCUT2D eigenvalue weighted by Crippen LogP contribution is 2.37. The summed E-state index contributed by atoms with van der Waals surface area (Å²) >= 11 is 0. The molecule has 4 heteroatoms. The standard InChI is InChI=1S/C14H18O4/c1-9(2)11(7-14(15)16-3)10-4-5-12-13(6-10)18-8-17-12/h4-6,9,11H,7-8H2,1-3H3. The van der Waals surface area contributed by atoms with E-state index in [0.717, 1.165) is 17.1 Å². The number of hydrogen-bond donors (Lipinski definition) is 0. The second-order valence-electron chi connectivity index (χ2n) is 4.74. The van der Waals surface area contributed by atoms with Gasteiger partial charge in [-0.2, -0.15) is 0 Å². The Morgan fingerprint density at radius 1 is 1.33 bits per heavy atom. The van der Waals surface area contributed by atoms with Gasteiger partial charge in [-0.15, -0.1) is 0 Å². The molecule has 0 bridgehead atoms. The molecule has 0 N–H and O–H groups in total. The molecule has 0 radical (unpaired) electrons. The highest BCUT2D eigenvalue weighted by Gasteiger charge is 2.23. The van der Waals surface area contributed by atoms with Gasteiger partial charge in [-0.1, -0.05) is 19.9 Å². The molecule has 1 aliphatic rings. The molecule has 0 amide bonds. The molecular weight excluding hydrogens is 232 g/mol. The summed E-state index contributed by atoms with van der Waals surface area (Å²) in [5, 5.41) is 0. The fraction of sp³-hybridized carbons (Fsp3) is 0.500. The van der Waals surface area contributed by atoms with Crippen molar-refractivity contribution in [3.05, 3.63) is 23.8 Å². The quantitative estimate of drug-likeness (QED) is 0.771. The van der Waals surface area contributed by atoms with Gasteiger partial charge in [-0.3, -0.25) is 4.79 Å². The van der Waals surface area contributed by atoms with Crippen LogP contribution in [0, 0.1) is 5.92 Å². The van der Waals surface area contributed by atoms with E-state index in [4.69, 9.17) is 14.2 Å². The van der Waals surface area contributed by atoms with Crippen molar-refractivity contribution in [2.75, 3.05) is 13.9 Å². The summed E-state index contributed by atoms with van der Waals surface area (Å²) < 4.78 is 15.4. The van der Waals surface area contributed by atoms with Gasteiger partial charge in [0.15, 0.2) is 11.5 Å². The first kappa shape index (κ1) is 12.7. The number of rotatable bonds is 4. The molecule has 1 aromatic rings. The van der Waals surface area contributed by atoms with Crippen molar-refractivity contribution < 1.29 is 19.0 Å². The van der Waals surface area contributed by atoms with Crippen LogP contribution in [0.15, 0.2) is 18.2 Å². The van der Waals surface area contributed by atoms with Crippen molar-refractivity contribution in [1.29, 1.82) is 0 Å². The van der Waals surface area contributed by atoms with Gasteiger partial charge in [0.25, 0.3) is 0 Å². The van der Waals surface area contributed by atoms with E-state index in [1.54, 1.807) is 0 Å². The molecule has 0 aliphatic carbocycles. The maximum Gasteiger partial charge on any atom is 0.306 e. The molecule has 1 atom stereocenters. The summed E-state index contributed by atoms with van der Waals surface area (Å²) in [7, 11) is 1.42. The lowest BCUT2D eigenvalue weighted by Crippen LogP contribution is -2.13. The van der Waals surface area contributed by atoms with Gasteiger partial charge in [0.2, 0.25) is 6.79 Å². The molecule has 1 heterocycles. The number of esters is 1. The average molecular weight is 250 g/mol. The summed E-state index contributed by atoms with van der Waals surface area (Å²) in [6.45, 7) is 4.46. The first-order valence-electron chi connectivity index (χ1n) is 6.08. The van der Waals surface area contributed by atoms with Gasteiger partial charge >= 0.3 is 5.97 Å². The number of benzene rings is 1. The number of carbonyl (C=O) groups excluding carboxylic acids is 1. The number of carbonyl (C=O) groups is 1. The highest BCUT2D eigenvalue weighted by molar-refractivity contribution is 5.70. The first-order chi connectivity index (χ1) is 8.61. The fourth-order valence-electron chi connectivity index (χ4n) is 2.15. The van der Waals surface area contributed by atoms with Crippen molar-refractivity contribution in [3.8, 4) is 11.5 Å². The fourth-order valence-corrected chi connectivity index (χ4v) is 2.15. The van der Waals surface area contributed by atoms with Crippen molar-refractivity contribution in [1.82, 2.24) is 0 Å². The van der Waals surface area contributed by atoms with Gasteiger partial charge in [-0.25, -0.2) is 0 Å². The molecule has 0 saturated carbocycles. The van der Waals surface area contributed by atoms with Crippen LogP contribution >= 0.6 is 0 Å². The molecule has 0 saturated heterocycles. The van der Waals surface area contributed by atoms with E-state index >= 15 is 0 Å². The third-order valence-corrected chi connectivity index (χ3v) is 3.24. The Labute approximate surface area is 107 Å². The zero-order valence-electron chi connectivity index (χ0n) is 10.9. The van der Waals surface area contributed by atoms with Crippen molar-refractivity contribution >= 4 is 5.97 Å². The van der Waals surface area contributed by atoms with Gasteiger partial charge in [0.1, 0.15) is 0 Å². The molecule has 1 aliphatic heterocycles. The molecular formula is C14H18O4. The van der Waals surface area contributed by atoms with Gasteiger partial charge in [0, 0.05) is 0 Å². The minimum absolute atomic E-state index is 0.131. The Bertz CT molecular complexity index is 439. The SMILES string of the molecule is COC(=O)CC(c1ccc2c(c1)OCO2)C(C)C. The number of methoxy groups -OCH3 is 1. The van der Waals surface area contributed by atoms with Gasteiger partial charge in [0.05, 0.1) is 13.5 Å². The van der Waals surface area contributed by atoms with Crippen LogP contribution in [0.3, 0.4) is 0 Å². The van der Waals surface area contributed by atoms with Crippen LogP contribution in [0.5, 0.6) is 11.5 Å². The van der Waals surface area contributed by atoms with E-state index in [9.17, 15) is 4.79 Å². The van der Waals surface area contributed by atoms with E-state index in [2.05, 4.69) is 13.8 Å². The van der Waals surface area contributed by atoms with Crippen molar-refractivity contribution in [3.63, 3.8) is 0 Å². The predicted octanol–water partition coefficient (Wildman–Crippen LogP) is 2.72. The van der Waals surface area contributed by atoms with Gasteiger partial charge in [-0.05, 0) is 29.5 Å². The average Bonchev–Trinajstić information content (AvgIpc) is 2.82. The number of hydrogen-bond acceptors (Lipinski definition) is 4. The Morgan fingerprint density at radius 3 is 2.72 bits per heavy atom. The minimum Gasteiger partial charge on any atom is -0.469 e. The Morgan fingerprint density at radius 2 is 2.06 bits per heavy atom. The minimum atomic E-state index is -0.189. The summed E-state index contributed by atoms with van der Waals surface area (Å²) in [5.41, 5.74) is 1.08. The molecule has 1 unspecified atom stereocenters. The Hall–Kier alpha value is -1.71. The van der Waals surface area contributed by atoms with Crippen LogP contribution in [0.25, 0.3) is 0 Å². The monoisotopic (exact) mass is 250 g/mol. The second-order valence-corrected chi connectivity index (χ2v) is 4.74. The van der Waals surface area contributed by atoms with Crippen LogP contribution in [0.4, 0.5) is 0 Å². The number of ether oxygens (including phenoxy) is 3. The molecule has 0 aromatic heterocycles. The first-order valence-corrected chi connectivity index (χ1v) is 6.08. The highest BCUT2D eigenvalue weighted by atomic mass is 16.7. The lowest BCUT2D eigenvalue weighted by atomic mass is 9.85. The molecule has 4 nitrogen and oxygen atoms in total. The van der Waals surface area contributed by atoms with Gasteiger partial charge < -0.3 is 14.2 Å². The van der Waals surface area contributed by atoms with Crippen LogP contribution in [0.1, 0.15) is 31.7 Å². The molecule has 0 fully saturated rings. The topological polar surface area (TPSA) is 44.8 Å².